The van der Waals surface area contributed by atoms with Crippen molar-refractivity contribution in [3.63, 3.8) is 0 Å². The molecule has 0 spiro atoms. The van der Waals surface area contributed by atoms with Crippen LogP contribution in [0, 0.1) is 0 Å². The highest BCUT2D eigenvalue weighted by atomic mass is 16.6. The number of hydrogen-bond donors (Lipinski definition) is 6. The van der Waals surface area contributed by atoms with Crippen LogP contribution in [0.1, 0.15) is 35.6 Å². The van der Waals surface area contributed by atoms with Gasteiger partial charge in [-0.05, 0) is 66.8 Å². The number of hydrogen-bond acceptors (Lipinski definition) is 8. The number of aliphatic hydroxyl groups is 1. The number of carboxylic acid groups (broad SMARTS) is 1. The minimum atomic E-state index is -1.57. The Morgan fingerprint density at radius 1 is 0.833 bits per heavy atom. The molecule has 0 aliphatic heterocycles. The molecule has 0 aromatic heterocycles. The molecule has 0 fully saturated rings. The van der Waals surface area contributed by atoms with Crippen LogP contribution in [-0.2, 0) is 27.4 Å². The van der Waals surface area contributed by atoms with Gasteiger partial charge < -0.3 is 35.6 Å². The Morgan fingerprint density at radius 3 is 2.17 bits per heavy atom. The van der Waals surface area contributed by atoms with Gasteiger partial charge in [-0.25, -0.2) is 9.59 Å². The molecule has 0 radical (unpaired) electrons. The Morgan fingerprint density at radius 2 is 1.53 bits per heavy atom. The van der Waals surface area contributed by atoms with Crippen LogP contribution in [0.4, 0.5) is 0 Å². The number of esters is 1. The maximum Gasteiger partial charge on any atom is 0.417 e. The van der Waals surface area contributed by atoms with E-state index >= 15 is 0 Å². The molecule has 192 valence electrons. The van der Waals surface area contributed by atoms with Crippen LogP contribution >= 0.6 is 0 Å². The lowest BCUT2D eigenvalue weighted by atomic mass is 10.1. The Hall–Kier alpha value is -4.08. The topological polar surface area (TPSA) is 157 Å². The van der Waals surface area contributed by atoms with Crippen molar-refractivity contribution in [3.05, 3.63) is 89.5 Å². The highest BCUT2D eigenvalue weighted by molar-refractivity contribution is 6.28. The average Bonchev–Trinajstić information content (AvgIpc) is 2.88. The summed E-state index contributed by atoms with van der Waals surface area (Å²) in [6, 6.07) is 20.4. The first kappa shape index (κ1) is 28.2. The molecule has 0 aliphatic carbocycles. The SMILES string of the molecule is O=C(O)C(=O)OCc1ccccc1.Oc1ccc(CCCCNC[C@H](O)c2ccc(O)c(O)c2)cc1. The van der Waals surface area contributed by atoms with Crippen molar-refractivity contribution in [2.45, 2.75) is 32.0 Å². The number of rotatable bonds is 10. The van der Waals surface area contributed by atoms with Gasteiger partial charge in [-0.2, -0.15) is 0 Å². The molecule has 0 unspecified atom stereocenters. The minimum absolute atomic E-state index is 0.00796. The Balaban J connectivity index is 0.000000297. The summed E-state index contributed by atoms with van der Waals surface area (Å²) in [6.07, 6.45) is 2.23. The minimum Gasteiger partial charge on any atom is -0.508 e. The lowest BCUT2D eigenvalue weighted by Crippen LogP contribution is -2.22. The van der Waals surface area contributed by atoms with Crippen molar-refractivity contribution in [3.8, 4) is 17.2 Å². The summed E-state index contributed by atoms with van der Waals surface area (Å²) in [6.45, 7) is 1.18. The average molecular weight is 498 g/mol. The molecule has 9 nitrogen and oxygen atoms in total. The predicted molar refractivity (Wildman–Crippen MR) is 133 cm³/mol. The van der Waals surface area contributed by atoms with Crippen molar-refractivity contribution in [1.82, 2.24) is 5.32 Å². The van der Waals surface area contributed by atoms with Gasteiger partial charge in [0, 0.05) is 6.54 Å². The maximum absolute atomic E-state index is 10.5. The van der Waals surface area contributed by atoms with Crippen LogP contribution in [0.5, 0.6) is 17.2 Å². The van der Waals surface area contributed by atoms with Crippen LogP contribution < -0.4 is 5.32 Å². The van der Waals surface area contributed by atoms with Crippen molar-refractivity contribution >= 4 is 11.9 Å². The number of phenolic OH excluding ortho intramolecular Hbond substituents is 3. The van der Waals surface area contributed by atoms with Crippen molar-refractivity contribution < 1.29 is 39.9 Å². The third-order valence-corrected chi connectivity index (χ3v) is 5.11. The molecule has 36 heavy (non-hydrogen) atoms. The number of carbonyl (C=O) groups is 2. The van der Waals surface area contributed by atoms with Gasteiger partial charge in [-0.3, -0.25) is 0 Å². The van der Waals surface area contributed by atoms with Crippen LogP contribution in [0.25, 0.3) is 0 Å². The van der Waals surface area contributed by atoms with E-state index in [9.17, 15) is 30.0 Å². The van der Waals surface area contributed by atoms with Crippen LogP contribution in [0.3, 0.4) is 0 Å². The molecule has 6 N–H and O–H groups in total. The van der Waals surface area contributed by atoms with Crippen molar-refractivity contribution in [2.24, 2.45) is 0 Å². The van der Waals surface area contributed by atoms with E-state index in [4.69, 9.17) is 5.11 Å². The number of ether oxygens (including phenoxy) is 1. The summed E-state index contributed by atoms with van der Waals surface area (Å²) in [5.41, 5.74) is 2.52. The van der Waals surface area contributed by atoms with Gasteiger partial charge >= 0.3 is 11.9 Å². The molecule has 3 rings (SSSR count). The zero-order valence-corrected chi connectivity index (χ0v) is 19.7. The molecular formula is C27H31NO8. The molecule has 0 aliphatic rings. The molecule has 0 saturated carbocycles. The summed E-state index contributed by atoms with van der Waals surface area (Å²) in [5, 5.41) is 49.3. The first-order valence-electron chi connectivity index (χ1n) is 11.4. The molecule has 3 aromatic carbocycles. The summed E-state index contributed by atoms with van der Waals surface area (Å²) >= 11 is 0. The first-order chi connectivity index (χ1) is 17.3. The summed E-state index contributed by atoms with van der Waals surface area (Å²) in [7, 11) is 0. The fraction of sp³-hybridized carbons (Fsp3) is 0.259. The van der Waals surface area contributed by atoms with Crippen molar-refractivity contribution in [1.29, 1.82) is 0 Å². The molecule has 9 heteroatoms. The number of phenols is 3. The van der Waals surface area contributed by atoms with Gasteiger partial charge in [0.25, 0.3) is 0 Å². The molecule has 0 amide bonds. The van der Waals surface area contributed by atoms with E-state index in [0.29, 0.717) is 12.1 Å². The van der Waals surface area contributed by atoms with Gasteiger partial charge in [0.2, 0.25) is 0 Å². The fourth-order valence-corrected chi connectivity index (χ4v) is 3.13. The van der Waals surface area contributed by atoms with Crippen molar-refractivity contribution in [2.75, 3.05) is 13.1 Å². The molecule has 3 aromatic rings. The van der Waals surface area contributed by atoms with E-state index < -0.39 is 18.0 Å². The third-order valence-electron chi connectivity index (χ3n) is 5.11. The number of aryl methyl sites for hydroxylation is 1. The standard InChI is InChI=1S/C18H23NO4.C9H8O4/c20-15-7-4-13(5-8-15)3-1-2-10-19-12-18(23)14-6-9-16(21)17(22)11-14;10-8(11)9(12)13-6-7-4-2-1-3-5-7/h4-9,11,18-23H,1-3,10,12H2;1-5H,6H2,(H,10,11)/t18-;/m0./s1. The number of aliphatic carboxylic acids is 1. The Kier molecular flexibility index (Phi) is 11.8. The van der Waals surface area contributed by atoms with E-state index in [2.05, 4.69) is 10.1 Å². The second-order valence-electron chi connectivity index (χ2n) is 7.96. The summed E-state index contributed by atoms with van der Waals surface area (Å²) < 4.78 is 4.45. The Labute approximate surface area is 209 Å². The first-order valence-corrected chi connectivity index (χ1v) is 11.4. The van der Waals surface area contributed by atoms with Crippen LogP contribution in [-0.4, -0.2) is 50.6 Å². The highest BCUT2D eigenvalue weighted by Crippen LogP contribution is 2.27. The van der Waals surface area contributed by atoms with Gasteiger partial charge in [0.15, 0.2) is 11.5 Å². The second-order valence-corrected chi connectivity index (χ2v) is 7.96. The molecule has 1 atom stereocenters. The number of benzene rings is 3. The third kappa shape index (κ3) is 10.5. The van der Waals surface area contributed by atoms with Gasteiger partial charge in [0.1, 0.15) is 12.4 Å². The van der Waals surface area contributed by atoms with Gasteiger partial charge in [0.05, 0.1) is 6.10 Å². The maximum atomic E-state index is 10.5. The zero-order valence-electron chi connectivity index (χ0n) is 19.7. The van der Waals surface area contributed by atoms with Crippen LogP contribution in [0.2, 0.25) is 0 Å². The van der Waals surface area contributed by atoms with E-state index in [-0.39, 0.29) is 23.9 Å². The number of nitrogens with one attached hydrogen (secondary N) is 1. The second kappa shape index (κ2) is 15.0. The monoisotopic (exact) mass is 497 g/mol. The van der Waals surface area contributed by atoms with E-state index in [0.717, 1.165) is 31.4 Å². The number of aromatic hydroxyl groups is 3. The van der Waals surface area contributed by atoms with Gasteiger partial charge in [-0.15, -0.1) is 0 Å². The Bertz CT molecular complexity index is 1090. The summed E-state index contributed by atoms with van der Waals surface area (Å²) in [5.74, 6) is -2.94. The number of carbonyl (C=O) groups excluding carboxylic acids is 1. The van der Waals surface area contributed by atoms with Crippen LogP contribution in [0.15, 0.2) is 72.8 Å². The lowest BCUT2D eigenvalue weighted by molar-refractivity contribution is -0.164. The van der Waals surface area contributed by atoms with E-state index in [1.54, 1.807) is 42.5 Å². The largest absolute Gasteiger partial charge is 0.508 e. The highest BCUT2D eigenvalue weighted by Gasteiger charge is 2.12. The van der Waals surface area contributed by atoms with Gasteiger partial charge in [-0.1, -0.05) is 48.5 Å². The fourth-order valence-electron chi connectivity index (χ4n) is 3.13. The molecule has 0 heterocycles. The number of unbranched alkanes of at least 4 members (excludes halogenated alkanes) is 1. The predicted octanol–water partition coefficient (Wildman–Crippen LogP) is 3.26. The zero-order chi connectivity index (χ0) is 26.3. The quantitative estimate of drug-likeness (QED) is 0.107. The molecule has 0 bridgehead atoms. The normalized spacial score (nSPS) is 11.1. The van der Waals surface area contributed by atoms with E-state index in [1.807, 2.05) is 18.2 Å². The lowest BCUT2D eigenvalue weighted by Gasteiger charge is -2.13. The number of carboxylic acids is 1. The van der Waals surface area contributed by atoms with E-state index in [1.165, 1.54) is 17.7 Å². The molecule has 0 saturated heterocycles. The summed E-state index contributed by atoms with van der Waals surface area (Å²) in [4.78, 5) is 20.5. The number of aliphatic hydroxyl groups excluding tert-OH is 1. The molecular weight excluding hydrogens is 466 g/mol. The smallest absolute Gasteiger partial charge is 0.417 e.